The first kappa shape index (κ1) is 30.6. The first-order valence-electron chi connectivity index (χ1n) is 12.2. The second-order valence-electron chi connectivity index (χ2n) is 9.17. The van der Waals surface area contributed by atoms with Gasteiger partial charge in [0.2, 0.25) is 17.3 Å². The Morgan fingerprint density at radius 2 is 1.72 bits per heavy atom. The molecule has 6 rings (SSSR count). The molecule has 0 saturated carbocycles. The number of oxazole rings is 1. The van der Waals surface area contributed by atoms with E-state index in [1.165, 1.54) is 35.3 Å². The molecule has 12 nitrogen and oxygen atoms in total. The number of aromatic nitrogens is 1. The Morgan fingerprint density at radius 3 is 2.35 bits per heavy atom. The molecule has 0 unspecified atom stereocenters. The van der Waals surface area contributed by atoms with E-state index in [9.17, 15) is 25.9 Å². The van der Waals surface area contributed by atoms with E-state index in [1.54, 1.807) is 37.3 Å². The fourth-order valence-electron chi connectivity index (χ4n) is 4.64. The van der Waals surface area contributed by atoms with Crippen LogP contribution in [-0.2, 0) is 26.1 Å². The number of ether oxygens (including phenoxy) is 1. The second-order valence-corrected chi connectivity index (χ2v) is 11.8. The van der Waals surface area contributed by atoms with Crippen molar-refractivity contribution in [2.75, 3.05) is 4.90 Å². The largest absolute Gasteiger partial charge is 1.00 e. The molecule has 220 valence electrons. The van der Waals surface area contributed by atoms with Crippen LogP contribution in [0.3, 0.4) is 0 Å². The predicted octanol–water partition coefficient (Wildman–Crippen LogP) is 2.32. The van der Waals surface area contributed by atoms with Gasteiger partial charge in [-0.15, -0.1) is 4.57 Å². The minimum atomic E-state index is -5.11. The number of hydrogen-bond donors (Lipinski definition) is 0. The summed E-state index contributed by atoms with van der Waals surface area (Å²) in [4.78, 5) is 1.05. The van der Waals surface area contributed by atoms with E-state index >= 15 is 0 Å². The van der Waals surface area contributed by atoms with E-state index in [4.69, 9.17) is 18.0 Å². The predicted molar refractivity (Wildman–Crippen MR) is 154 cm³/mol. The molecule has 0 atom stereocenters. The fourth-order valence-corrected chi connectivity index (χ4v) is 5.83. The van der Waals surface area contributed by atoms with Gasteiger partial charge in [-0.2, -0.15) is 0 Å². The molecule has 0 fully saturated rings. The van der Waals surface area contributed by atoms with E-state index < -0.39 is 31.1 Å². The summed E-state index contributed by atoms with van der Waals surface area (Å²) in [6, 6.07) is 9.73. The maximum atomic E-state index is 12.3. The molecular formula is C28H25N2NaO10S2. The Morgan fingerprint density at radius 1 is 1.05 bits per heavy atom. The number of fused-ring (bicyclic) bond motifs is 4. The van der Waals surface area contributed by atoms with Crippen LogP contribution in [0, 0.1) is 0 Å². The third-order valence-electron chi connectivity index (χ3n) is 6.46. The number of nitrogens with zero attached hydrogens (tertiary/aromatic N) is 2. The number of anilines is 1. The summed E-state index contributed by atoms with van der Waals surface area (Å²) in [7, 11) is -9.86. The first-order valence-corrected chi connectivity index (χ1v) is 15.2. The van der Waals surface area contributed by atoms with Crippen molar-refractivity contribution in [3.63, 3.8) is 0 Å². The maximum absolute atomic E-state index is 12.3. The molecule has 0 saturated heterocycles. The third-order valence-corrected chi connectivity index (χ3v) is 7.80. The van der Waals surface area contributed by atoms with Gasteiger partial charge in [0.15, 0.2) is 20.9 Å². The van der Waals surface area contributed by atoms with Crippen LogP contribution in [-0.4, -0.2) is 25.9 Å². The quantitative estimate of drug-likeness (QED) is 0.111. The molecule has 0 spiro atoms. The zero-order valence-electron chi connectivity index (χ0n) is 22.7. The molecule has 3 aromatic heterocycles. The Labute approximate surface area is 271 Å². The van der Waals surface area contributed by atoms with Crippen LogP contribution in [0.4, 0.5) is 5.69 Å². The van der Waals surface area contributed by atoms with Crippen LogP contribution < -0.4 is 43.8 Å². The number of benzene rings is 2. The van der Waals surface area contributed by atoms with Crippen molar-refractivity contribution in [3.05, 3.63) is 95.4 Å². The van der Waals surface area contributed by atoms with Gasteiger partial charge in [0.25, 0.3) is 5.52 Å². The minimum Gasteiger partial charge on any atom is -0.743 e. The SMILES string of the molecule is C=C=C=C(N1C(=CC(=Cc2oc3cc4ccoc4cc3[n+]2CS(=O)(=O)[O-])CC)Oc2cc3ccoc3cc21)S(=O)(=O)[O-].[HH].[HH].[HH].[Na+]. The van der Waals surface area contributed by atoms with Gasteiger partial charge in [0.05, 0.1) is 30.4 Å². The van der Waals surface area contributed by atoms with E-state index in [0.29, 0.717) is 45.0 Å². The van der Waals surface area contributed by atoms with Crippen molar-refractivity contribution in [1.29, 1.82) is 0 Å². The number of allylic oxidation sites excluding steroid dienone is 2. The van der Waals surface area contributed by atoms with Crippen molar-refractivity contribution in [3.8, 4) is 5.75 Å². The van der Waals surface area contributed by atoms with Crippen molar-refractivity contribution in [2.24, 2.45) is 0 Å². The topological polar surface area (TPSA) is 170 Å². The summed E-state index contributed by atoms with van der Waals surface area (Å²) in [5, 5.41) is 0.556. The van der Waals surface area contributed by atoms with E-state index in [2.05, 4.69) is 18.0 Å². The van der Waals surface area contributed by atoms with Gasteiger partial charge in [-0.05, 0) is 48.6 Å². The van der Waals surface area contributed by atoms with Gasteiger partial charge in [0.1, 0.15) is 21.3 Å². The molecule has 0 aliphatic carbocycles. The molecule has 15 heteroatoms. The Balaban J connectivity index is 0.00000184. The average Bonchev–Trinajstić information content (AvgIpc) is 3.69. The van der Waals surface area contributed by atoms with Gasteiger partial charge in [0, 0.05) is 27.2 Å². The molecule has 43 heavy (non-hydrogen) atoms. The molecular weight excluding hydrogens is 611 g/mol. The molecule has 1 aliphatic heterocycles. The van der Waals surface area contributed by atoms with E-state index in [1.807, 2.05) is 0 Å². The van der Waals surface area contributed by atoms with Gasteiger partial charge in [-0.25, -0.2) is 16.8 Å². The van der Waals surface area contributed by atoms with Gasteiger partial charge >= 0.3 is 35.4 Å². The minimum absolute atomic E-state index is 0. The number of furan rings is 2. The molecule has 0 radical (unpaired) electrons. The number of rotatable bonds is 7. The van der Waals surface area contributed by atoms with E-state index in [0.717, 1.165) is 4.90 Å². The van der Waals surface area contributed by atoms with E-state index in [-0.39, 0.29) is 57.0 Å². The Hall–Kier alpha value is -3.81. The monoisotopic (exact) mass is 636 g/mol. The van der Waals surface area contributed by atoms with Gasteiger partial charge < -0.3 is 27.1 Å². The molecule has 0 N–H and O–H groups in total. The van der Waals surface area contributed by atoms with Crippen LogP contribution in [0.25, 0.3) is 39.1 Å². The first-order chi connectivity index (χ1) is 19.9. The molecule has 0 amide bonds. The Kier molecular flexibility index (Phi) is 8.09. The summed E-state index contributed by atoms with van der Waals surface area (Å²) >= 11 is 0. The Bertz CT molecular complexity index is 2310. The summed E-state index contributed by atoms with van der Waals surface area (Å²) in [6.45, 7) is 5.12. The third kappa shape index (κ3) is 5.89. The fraction of sp³-hybridized carbons (Fsp3) is 0.107. The average molecular weight is 637 g/mol. The van der Waals surface area contributed by atoms with Crippen LogP contribution in [0.5, 0.6) is 5.75 Å². The molecule has 5 aromatic rings. The maximum Gasteiger partial charge on any atom is 1.00 e. The van der Waals surface area contributed by atoms with Crippen LogP contribution in [0.15, 0.2) is 103 Å². The summed E-state index contributed by atoms with van der Waals surface area (Å²) in [5.74, 6) is -0.760. The summed E-state index contributed by atoms with van der Waals surface area (Å²) in [5.41, 5.74) is 6.59. The zero-order chi connectivity index (χ0) is 29.8. The van der Waals surface area contributed by atoms with Gasteiger partial charge in [-0.3, -0.25) is 4.90 Å². The van der Waals surface area contributed by atoms with Crippen molar-refractivity contribution in [2.45, 2.75) is 19.2 Å². The van der Waals surface area contributed by atoms with Crippen molar-refractivity contribution < 1.29 is 82.3 Å². The van der Waals surface area contributed by atoms with Crippen molar-refractivity contribution in [1.82, 2.24) is 0 Å². The standard InChI is InChI=1S/C28H20N2O10S2.Na.3H2/c1-3-5-28(42(34,35)36)30-21-15-23-19(7-9-38-23)13-25(21)40-27(30)11-17(4-2)10-26-29(16-41(31,32)33)20-14-22-18(6-8-37-22)12-24(20)39-26;;;;/h6-15H,1,4,16H2,2H3,(H-,31,32,33,34,35,36);;3*1H/q;+1;;;/p-1. The summed E-state index contributed by atoms with van der Waals surface area (Å²) < 4.78 is 96.3. The van der Waals surface area contributed by atoms with Crippen LogP contribution >= 0.6 is 0 Å². The van der Waals surface area contributed by atoms with Gasteiger partial charge in [-0.1, -0.05) is 12.7 Å². The van der Waals surface area contributed by atoms with Crippen molar-refractivity contribution >= 4 is 65.0 Å². The molecule has 4 heterocycles. The summed E-state index contributed by atoms with van der Waals surface area (Å²) in [6.07, 6.45) is 6.16. The molecule has 0 bridgehead atoms. The normalized spacial score (nSPS) is 14.5. The van der Waals surface area contributed by atoms with Crippen LogP contribution in [0.2, 0.25) is 0 Å². The van der Waals surface area contributed by atoms with Crippen LogP contribution in [0.1, 0.15) is 23.5 Å². The molecule has 1 aliphatic rings. The number of hydrogen-bond acceptors (Lipinski definition) is 11. The smallest absolute Gasteiger partial charge is 0.743 e. The second kappa shape index (κ2) is 11.4. The zero-order valence-corrected chi connectivity index (χ0v) is 26.3. The molecule has 2 aromatic carbocycles.